The number of hydrogen-bond donors (Lipinski definition) is 3. The minimum atomic E-state index is -0.574. The molecule has 0 aliphatic rings. The van der Waals surface area contributed by atoms with Gasteiger partial charge in [-0.15, -0.1) is 0 Å². The molecule has 0 fully saturated rings. The molecule has 0 bridgehead atoms. The van der Waals surface area contributed by atoms with Crippen LogP contribution in [0, 0.1) is 0 Å². The first-order valence-electron chi connectivity index (χ1n) is 8.07. The fourth-order valence-electron chi connectivity index (χ4n) is 2.07. The summed E-state index contributed by atoms with van der Waals surface area (Å²) in [5, 5.41) is 5.66. The van der Waals surface area contributed by atoms with Crippen LogP contribution in [-0.2, 0) is 9.53 Å². The highest BCUT2D eigenvalue weighted by Crippen LogP contribution is 2.23. The first kappa shape index (κ1) is 19.6. The predicted molar refractivity (Wildman–Crippen MR) is 97.1 cm³/mol. The molecule has 1 aromatic rings. The van der Waals surface area contributed by atoms with Crippen molar-refractivity contribution in [2.75, 3.05) is 36.0 Å². The lowest BCUT2D eigenvalue weighted by atomic mass is 10.2. The lowest BCUT2D eigenvalue weighted by Crippen LogP contribution is -2.35. The number of ether oxygens (including phenoxy) is 1. The summed E-state index contributed by atoms with van der Waals surface area (Å²) in [6.07, 6.45) is -0.544. The summed E-state index contributed by atoms with van der Waals surface area (Å²) < 4.78 is 5.21. The maximum absolute atomic E-state index is 12.0. The number of nitrogens with zero attached hydrogens (tertiary/aromatic N) is 1. The molecule has 134 valence electrons. The van der Waals surface area contributed by atoms with Gasteiger partial charge in [-0.2, -0.15) is 0 Å². The van der Waals surface area contributed by atoms with Crippen molar-refractivity contribution in [3.05, 3.63) is 18.2 Å². The van der Waals surface area contributed by atoms with Crippen molar-refractivity contribution < 1.29 is 14.3 Å². The van der Waals surface area contributed by atoms with E-state index in [4.69, 9.17) is 10.5 Å². The second-order valence-corrected chi connectivity index (χ2v) is 6.35. The Morgan fingerprint density at radius 2 is 1.83 bits per heavy atom. The van der Waals surface area contributed by atoms with Gasteiger partial charge in [0, 0.05) is 18.8 Å². The summed E-state index contributed by atoms with van der Waals surface area (Å²) in [5.74, 6) is -0.00935. The summed E-state index contributed by atoms with van der Waals surface area (Å²) in [4.78, 5) is 25.6. The van der Waals surface area contributed by atoms with E-state index in [-0.39, 0.29) is 12.5 Å². The Hall–Kier alpha value is -2.44. The van der Waals surface area contributed by atoms with Crippen LogP contribution in [0.25, 0.3) is 0 Å². The van der Waals surface area contributed by atoms with Crippen molar-refractivity contribution in [3.63, 3.8) is 0 Å². The number of carbonyl (C=O) groups is 2. The second kappa shape index (κ2) is 8.42. The van der Waals surface area contributed by atoms with Crippen molar-refractivity contribution >= 4 is 29.1 Å². The molecular weight excluding hydrogens is 308 g/mol. The maximum atomic E-state index is 12.0. The van der Waals surface area contributed by atoms with Gasteiger partial charge < -0.3 is 20.7 Å². The van der Waals surface area contributed by atoms with Crippen LogP contribution in [0.3, 0.4) is 0 Å². The molecule has 0 saturated heterocycles. The van der Waals surface area contributed by atoms with Crippen molar-refractivity contribution in [2.24, 2.45) is 0 Å². The van der Waals surface area contributed by atoms with E-state index in [1.807, 2.05) is 13.8 Å². The minimum absolute atomic E-state index is 0.00935. The van der Waals surface area contributed by atoms with Crippen LogP contribution in [0.1, 0.15) is 34.6 Å². The van der Waals surface area contributed by atoms with Crippen LogP contribution < -0.4 is 16.4 Å². The second-order valence-electron chi connectivity index (χ2n) is 6.35. The predicted octanol–water partition coefficient (Wildman–Crippen LogP) is 2.90. The first-order valence-corrected chi connectivity index (χ1v) is 8.07. The summed E-state index contributed by atoms with van der Waals surface area (Å²) in [6.45, 7) is 10.7. The van der Waals surface area contributed by atoms with Crippen molar-refractivity contribution in [3.8, 4) is 0 Å². The van der Waals surface area contributed by atoms with Crippen LogP contribution in [0.4, 0.5) is 21.9 Å². The molecule has 0 aliphatic heterocycles. The summed E-state index contributed by atoms with van der Waals surface area (Å²) in [7, 11) is 0. The van der Waals surface area contributed by atoms with Crippen molar-refractivity contribution in [1.82, 2.24) is 4.90 Å². The molecule has 0 saturated carbocycles. The molecule has 7 heteroatoms. The smallest absolute Gasteiger partial charge is 0.412 e. The Bertz CT molecular complexity index is 578. The fraction of sp³-hybridized carbons (Fsp3) is 0.529. The molecule has 0 aromatic heterocycles. The molecule has 1 rings (SSSR count). The Labute approximate surface area is 143 Å². The molecular formula is C17H28N4O3. The van der Waals surface area contributed by atoms with E-state index >= 15 is 0 Å². The van der Waals surface area contributed by atoms with Gasteiger partial charge in [-0.25, -0.2) is 4.79 Å². The Balaban J connectivity index is 2.73. The first-order chi connectivity index (χ1) is 11.2. The normalized spacial score (nSPS) is 10.9. The number of nitrogens with one attached hydrogen (secondary N) is 2. The number of nitrogens with two attached hydrogens (primary N) is 1. The third-order valence-electron chi connectivity index (χ3n) is 3.24. The van der Waals surface area contributed by atoms with E-state index in [2.05, 4.69) is 10.6 Å². The molecule has 0 spiro atoms. The summed E-state index contributed by atoms with van der Waals surface area (Å²) in [6, 6.07) is 5.02. The number of amides is 2. The van der Waals surface area contributed by atoms with Gasteiger partial charge in [-0.1, -0.05) is 0 Å². The van der Waals surface area contributed by atoms with Gasteiger partial charge in [-0.05, 0) is 52.8 Å². The molecule has 24 heavy (non-hydrogen) atoms. The Morgan fingerprint density at radius 1 is 1.21 bits per heavy atom. The Kier molecular flexibility index (Phi) is 6.88. The third kappa shape index (κ3) is 6.36. The number of benzene rings is 1. The summed E-state index contributed by atoms with van der Waals surface area (Å²) in [5.41, 5.74) is 6.97. The molecule has 0 unspecified atom stereocenters. The van der Waals surface area contributed by atoms with Crippen molar-refractivity contribution in [1.29, 1.82) is 0 Å². The van der Waals surface area contributed by atoms with Crippen LogP contribution in [0.15, 0.2) is 18.2 Å². The van der Waals surface area contributed by atoms with Gasteiger partial charge in [0.15, 0.2) is 0 Å². The van der Waals surface area contributed by atoms with E-state index in [9.17, 15) is 9.59 Å². The third-order valence-corrected chi connectivity index (χ3v) is 3.24. The quantitative estimate of drug-likeness (QED) is 0.694. The average molecular weight is 336 g/mol. The van der Waals surface area contributed by atoms with Crippen LogP contribution in [0.5, 0.6) is 0 Å². The minimum Gasteiger partial charge on any atom is -0.444 e. The lowest BCUT2D eigenvalue weighted by Gasteiger charge is -2.21. The fourth-order valence-corrected chi connectivity index (χ4v) is 2.07. The highest BCUT2D eigenvalue weighted by atomic mass is 16.6. The van der Waals surface area contributed by atoms with Gasteiger partial charge in [0.1, 0.15) is 5.60 Å². The maximum Gasteiger partial charge on any atom is 0.412 e. The van der Waals surface area contributed by atoms with Crippen LogP contribution >= 0.6 is 0 Å². The zero-order chi connectivity index (χ0) is 18.3. The SMILES string of the molecule is CCN(CC)C(=O)CNc1cc(NC(=O)OC(C)(C)C)ccc1N. The number of nitrogen functional groups attached to an aromatic ring is 1. The molecule has 0 atom stereocenters. The zero-order valence-electron chi connectivity index (χ0n) is 15.1. The highest BCUT2D eigenvalue weighted by molar-refractivity contribution is 5.88. The van der Waals surface area contributed by atoms with E-state index in [1.54, 1.807) is 43.9 Å². The largest absolute Gasteiger partial charge is 0.444 e. The molecule has 1 aromatic carbocycles. The molecule has 4 N–H and O–H groups in total. The van der Waals surface area contributed by atoms with Crippen LogP contribution in [-0.4, -0.2) is 42.1 Å². The topological polar surface area (TPSA) is 96.7 Å². The lowest BCUT2D eigenvalue weighted by molar-refractivity contribution is -0.128. The zero-order valence-corrected chi connectivity index (χ0v) is 15.1. The van der Waals surface area contributed by atoms with E-state index in [1.165, 1.54) is 0 Å². The van der Waals surface area contributed by atoms with Gasteiger partial charge in [-0.3, -0.25) is 10.1 Å². The molecule has 2 amide bonds. The number of rotatable bonds is 6. The van der Waals surface area contributed by atoms with Crippen molar-refractivity contribution in [2.45, 2.75) is 40.2 Å². The highest BCUT2D eigenvalue weighted by Gasteiger charge is 2.16. The number of anilines is 3. The molecule has 0 radical (unpaired) electrons. The Morgan fingerprint density at radius 3 is 2.38 bits per heavy atom. The number of carbonyl (C=O) groups excluding carboxylic acids is 2. The number of likely N-dealkylation sites (N-methyl/N-ethyl adjacent to an activating group) is 1. The van der Waals surface area contributed by atoms with Gasteiger partial charge in [0.05, 0.1) is 17.9 Å². The standard InChI is InChI=1S/C17H28N4O3/c1-6-21(7-2)15(22)11-19-14-10-12(8-9-13(14)18)20-16(23)24-17(3,4)5/h8-10,19H,6-7,11,18H2,1-5H3,(H,20,23). The van der Waals surface area contributed by atoms with E-state index in [0.29, 0.717) is 30.2 Å². The average Bonchev–Trinajstić information content (AvgIpc) is 2.47. The van der Waals surface area contributed by atoms with Gasteiger partial charge >= 0.3 is 6.09 Å². The molecule has 0 aliphatic carbocycles. The van der Waals surface area contributed by atoms with E-state index in [0.717, 1.165) is 0 Å². The van der Waals surface area contributed by atoms with Crippen LogP contribution in [0.2, 0.25) is 0 Å². The summed E-state index contributed by atoms with van der Waals surface area (Å²) >= 11 is 0. The molecule has 7 nitrogen and oxygen atoms in total. The van der Waals surface area contributed by atoms with Gasteiger partial charge in [0.2, 0.25) is 5.91 Å². The molecule has 0 heterocycles. The van der Waals surface area contributed by atoms with E-state index < -0.39 is 11.7 Å². The monoisotopic (exact) mass is 336 g/mol. The van der Waals surface area contributed by atoms with Gasteiger partial charge in [0.25, 0.3) is 0 Å². The number of hydrogen-bond acceptors (Lipinski definition) is 5.